The number of fused-ring (bicyclic) bond motifs is 1. The SMILES string of the molecule is C[C@@H]1Cc2ccccc2[C@@](c2cccc(O)c2)(c2c(F)cc(Br)cc2F)N1c1ccccc1. The molecule has 1 aliphatic rings. The summed E-state index contributed by atoms with van der Waals surface area (Å²) in [5, 5.41) is 10.4. The van der Waals surface area contributed by atoms with Gasteiger partial charge in [-0.2, -0.15) is 0 Å². The maximum Gasteiger partial charge on any atom is 0.133 e. The Morgan fingerprint density at radius 1 is 0.879 bits per heavy atom. The van der Waals surface area contributed by atoms with Gasteiger partial charge < -0.3 is 10.0 Å². The van der Waals surface area contributed by atoms with Crippen LogP contribution in [0.15, 0.2) is 95.5 Å². The summed E-state index contributed by atoms with van der Waals surface area (Å²) in [7, 11) is 0. The van der Waals surface area contributed by atoms with Gasteiger partial charge in [-0.15, -0.1) is 0 Å². The molecule has 1 N–H and O–H groups in total. The van der Waals surface area contributed by atoms with Crippen molar-refractivity contribution < 1.29 is 13.9 Å². The third-order valence-corrected chi connectivity index (χ3v) is 6.85. The van der Waals surface area contributed by atoms with E-state index < -0.39 is 17.2 Å². The van der Waals surface area contributed by atoms with Crippen LogP contribution in [-0.2, 0) is 12.0 Å². The Morgan fingerprint density at radius 2 is 1.55 bits per heavy atom. The summed E-state index contributed by atoms with van der Waals surface area (Å²) in [6, 6.07) is 26.7. The average molecular weight is 506 g/mol. The topological polar surface area (TPSA) is 23.5 Å². The molecule has 33 heavy (non-hydrogen) atoms. The smallest absolute Gasteiger partial charge is 0.133 e. The van der Waals surface area contributed by atoms with Crippen molar-refractivity contribution in [1.82, 2.24) is 0 Å². The van der Waals surface area contributed by atoms with E-state index >= 15 is 8.78 Å². The van der Waals surface area contributed by atoms with Crippen molar-refractivity contribution in [2.45, 2.75) is 24.9 Å². The second kappa shape index (κ2) is 8.31. The molecule has 0 bridgehead atoms. The number of phenols is 1. The maximum atomic E-state index is 15.9. The number of rotatable bonds is 3. The van der Waals surface area contributed by atoms with Crippen molar-refractivity contribution in [1.29, 1.82) is 0 Å². The van der Waals surface area contributed by atoms with E-state index in [1.807, 2.05) is 60.7 Å². The first-order valence-corrected chi connectivity index (χ1v) is 11.6. The van der Waals surface area contributed by atoms with Gasteiger partial charge in [0.15, 0.2) is 0 Å². The first kappa shape index (κ1) is 21.7. The van der Waals surface area contributed by atoms with Gasteiger partial charge in [-0.3, -0.25) is 0 Å². The van der Waals surface area contributed by atoms with E-state index in [2.05, 4.69) is 27.8 Å². The second-order valence-electron chi connectivity index (χ2n) is 8.42. The lowest BCUT2D eigenvalue weighted by molar-refractivity contribution is 0.412. The molecule has 0 amide bonds. The molecule has 5 heteroatoms. The fraction of sp³-hybridized carbons (Fsp3) is 0.143. The lowest BCUT2D eigenvalue weighted by Crippen LogP contribution is -2.57. The minimum absolute atomic E-state index is 0.0357. The van der Waals surface area contributed by atoms with Gasteiger partial charge >= 0.3 is 0 Å². The number of hydrogen-bond acceptors (Lipinski definition) is 2. The van der Waals surface area contributed by atoms with Crippen molar-refractivity contribution in [2.24, 2.45) is 0 Å². The van der Waals surface area contributed by atoms with Crippen LogP contribution < -0.4 is 4.90 Å². The van der Waals surface area contributed by atoms with Crippen LogP contribution >= 0.6 is 15.9 Å². The molecule has 0 saturated carbocycles. The number of halogens is 3. The number of phenolic OH excluding ortho intramolecular Hbond substituents is 1. The predicted molar refractivity (Wildman–Crippen MR) is 131 cm³/mol. The van der Waals surface area contributed by atoms with Crippen LogP contribution in [0.3, 0.4) is 0 Å². The Morgan fingerprint density at radius 3 is 2.24 bits per heavy atom. The lowest BCUT2D eigenvalue weighted by atomic mass is 9.69. The van der Waals surface area contributed by atoms with E-state index in [0.29, 0.717) is 16.5 Å². The molecule has 1 heterocycles. The average Bonchev–Trinajstić information content (AvgIpc) is 2.78. The first-order valence-electron chi connectivity index (χ1n) is 10.8. The molecular formula is C28H22BrF2NO. The van der Waals surface area contributed by atoms with Crippen LogP contribution in [0.1, 0.15) is 29.2 Å². The third kappa shape index (κ3) is 3.42. The molecule has 4 aromatic rings. The zero-order valence-corrected chi connectivity index (χ0v) is 19.6. The van der Waals surface area contributed by atoms with Crippen LogP contribution in [-0.4, -0.2) is 11.1 Å². The van der Waals surface area contributed by atoms with E-state index in [4.69, 9.17) is 0 Å². The number of hydrogen-bond donors (Lipinski definition) is 1. The molecule has 0 aliphatic carbocycles. The Kier molecular flexibility index (Phi) is 5.45. The summed E-state index contributed by atoms with van der Waals surface area (Å²) in [5.74, 6) is -1.28. The fourth-order valence-corrected chi connectivity index (χ4v) is 5.67. The molecule has 1 aliphatic heterocycles. The Labute approximate surface area is 200 Å². The standard InChI is InChI=1S/C28H22BrF2NO/c1-18-14-19-8-5-6-13-24(19)28(20-9-7-12-23(33)15-20,32(18)22-10-3-2-4-11-22)27-25(30)16-21(29)17-26(27)31/h2-13,15-18,33H,14H2,1H3/t18-,28+/m1/s1. The Bertz CT molecular complexity index is 1300. The monoisotopic (exact) mass is 505 g/mol. The number of anilines is 1. The summed E-state index contributed by atoms with van der Waals surface area (Å²) in [6.45, 7) is 2.06. The molecule has 166 valence electrons. The molecule has 0 fully saturated rings. The quantitative estimate of drug-likeness (QED) is 0.318. The molecule has 0 radical (unpaired) electrons. The highest BCUT2D eigenvalue weighted by molar-refractivity contribution is 9.10. The molecule has 0 saturated heterocycles. The number of nitrogens with zero attached hydrogens (tertiary/aromatic N) is 1. The highest BCUT2D eigenvalue weighted by Crippen LogP contribution is 2.52. The lowest BCUT2D eigenvalue weighted by Gasteiger charge is -2.53. The van der Waals surface area contributed by atoms with Gasteiger partial charge in [0.25, 0.3) is 0 Å². The van der Waals surface area contributed by atoms with Crippen molar-refractivity contribution in [3.8, 4) is 5.75 Å². The number of para-hydroxylation sites is 1. The van der Waals surface area contributed by atoms with Crippen LogP contribution in [0, 0.1) is 11.6 Å². The summed E-state index contributed by atoms with van der Waals surface area (Å²) >= 11 is 3.23. The summed E-state index contributed by atoms with van der Waals surface area (Å²) in [5.41, 5.74) is 1.82. The zero-order chi connectivity index (χ0) is 23.2. The highest BCUT2D eigenvalue weighted by Gasteiger charge is 2.51. The van der Waals surface area contributed by atoms with Gasteiger partial charge in [0.1, 0.15) is 22.9 Å². The van der Waals surface area contributed by atoms with Crippen molar-refractivity contribution in [2.75, 3.05) is 4.90 Å². The normalized spacial score (nSPS) is 19.9. The summed E-state index contributed by atoms with van der Waals surface area (Å²) in [6.07, 6.45) is 0.714. The van der Waals surface area contributed by atoms with Gasteiger partial charge in [0.2, 0.25) is 0 Å². The zero-order valence-electron chi connectivity index (χ0n) is 18.0. The molecule has 0 aromatic heterocycles. The molecule has 2 nitrogen and oxygen atoms in total. The van der Waals surface area contributed by atoms with Crippen molar-refractivity contribution in [3.63, 3.8) is 0 Å². The molecular weight excluding hydrogens is 484 g/mol. The summed E-state index contributed by atoms with van der Waals surface area (Å²) < 4.78 is 32.1. The van der Waals surface area contributed by atoms with E-state index in [9.17, 15) is 5.11 Å². The van der Waals surface area contributed by atoms with Crippen molar-refractivity contribution in [3.05, 3.63) is 129 Å². The third-order valence-electron chi connectivity index (χ3n) is 6.39. The molecule has 5 rings (SSSR count). The first-order chi connectivity index (χ1) is 15.9. The van der Waals surface area contributed by atoms with Crippen LogP contribution in [0.2, 0.25) is 0 Å². The minimum atomic E-state index is -1.34. The van der Waals surface area contributed by atoms with Gasteiger partial charge in [0, 0.05) is 16.2 Å². The van der Waals surface area contributed by atoms with Crippen LogP contribution in [0.5, 0.6) is 5.75 Å². The van der Waals surface area contributed by atoms with E-state index in [0.717, 1.165) is 16.8 Å². The fourth-order valence-electron chi connectivity index (χ4n) is 5.27. The van der Waals surface area contributed by atoms with E-state index in [1.165, 1.54) is 12.1 Å². The van der Waals surface area contributed by atoms with Gasteiger partial charge in [0.05, 0.1) is 5.56 Å². The van der Waals surface area contributed by atoms with Crippen LogP contribution in [0.25, 0.3) is 0 Å². The summed E-state index contributed by atoms with van der Waals surface area (Å²) in [4.78, 5) is 2.08. The number of benzene rings is 4. The Hall–Kier alpha value is -3.18. The largest absolute Gasteiger partial charge is 0.508 e. The highest BCUT2D eigenvalue weighted by atomic mass is 79.9. The minimum Gasteiger partial charge on any atom is -0.508 e. The maximum absolute atomic E-state index is 15.9. The van der Waals surface area contributed by atoms with Gasteiger partial charge in [-0.25, -0.2) is 8.78 Å². The molecule has 0 unspecified atom stereocenters. The van der Waals surface area contributed by atoms with Crippen LogP contribution in [0.4, 0.5) is 14.5 Å². The number of aromatic hydroxyl groups is 1. The Balaban J connectivity index is 2.00. The van der Waals surface area contributed by atoms with Gasteiger partial charge in [-0.1, -0.05) is 70.5 Å². The predicted octanol–water partition coefficient (Wildman–Crippen LogP) is 7.18. The molecule has 2 atom stereocenters. The molecule has 4 aromatic carbocycles. The van der Waals surface area contributed by atoms with Gasteiger partial charge in [-0.05, 0) is 66.4 Å². The molecule has 0 spiro atoms. The second-order valence-corrected chi connectivity index (χ2v) is 9.34. The van der Waals surface area contributed by atoms with Crippen molar-refractivity contribution >= 4 is 21.6 Å². The van der Waals surface area contributed by atoms with E-state index in [-0.39, 0.29) is 17.4 Å². The van der Waals surface area contributed by atoms with E-state index in [1.54, 1.807) is 18.2 Å².